The molecular weight excluding hydrogens is 413 g/mol. The van der Waals surface area contributed by atoms with Crippen LogP contribution in [0.25, 0.3) is 0 Å². The standard InChI is InChI=1S/C21H27N3O3.2ClH/c1-26-18-7-3-16(4-8-18)21(17-5-9-19(27-2)10-6-17)23-20(25)15-24-13-11-22-12-14-24;;/h3-10,21-22H,11-15H2,1-2H3,(H,23,25);2*1H. The van der Waals surface area contributed by atoms with Crippen molar-refractivity contribution in [1.82, 2.24) is 15.5 Å². The topological polar surface area (TPSA) is 62.8 Å². The molecule has 0 aromatic heterocycles. The van der Waals surface area contributed by atoms with Crippen LogP contribution in [0.2, 0.25) is 0 Å². The zero-order chi connectivity index (χ0) is 19.1. The van der Waals surface area contributed by atoms with Crippen molar-refractivity contribution >= 4 is 30.7 Å². The molecule has 1 saturated heterocycles. The quantitative estimate of drug-likeness (QED) is 0.691. The lowest BCUT2D eigenvalue weighted by Gasteiger charge is -2.28. The summed E-state index contributed by atoms with van der Waals surface area (Å²) < 4.78 is 10.5. The highest BCUT2D eigenvalue weighted by molar-refractivity contribution is 5.85. The second-order valence-corrected chi connectivity index (χ2v) is 6.57. The summed E-state index contributed by atoms with van der Waals surface area (Å²) in [4.78, 5) is 14.9. The lowest BCUT2D eigenvalue weighted by Crippen LogP contribution is -2.48. The highest BCUT2D eigenvalue weighted by atomic mass is 35.5. The molecule has 6 nitrogen and oxygen atoms in total. The molecule has 29 heavy (non-hydrogen) atoms. The van der Waals surface area contributed by atoms with E-state index in [1.165, 1.54) is 0 Å². The van der Waals surface area contributed by atoms with Crippen molar-refractivity contribution in [3.8, 4) is 11.5 Å². The van der Waals surface area contributed by atoms with E-state index in [2.05, 4.69) is 15.5 Å². The summed E-state index contributed by atoms with van der Waals surface area (Å²) in [6, 6.07) is 15.4. The van der Waals surface area contributed by atoms with Crippen LogP contribution in [-0.4, -0.2) is 57.8 Å². The molecule has 8 heteroatoms. The highest BCUT2D eigenvalue weighted by Gasteiger charge is 2.20. The van der Waals surface area contributed by atoms with Crippen LogP contribution in [0.3, 0.4) is 0 Å². The highest BCUT2D eigenvalue weighted by Crippen LogP contribution is 2.26. The van der Waals surface area contributed by atoms with Gasteiger partial charge < -0.3 is 20.1 Å². The Kier molecular flexibility index (Phi) is 10.8. The molecule has 0 bridgehead atoms. The lowest BCUT2D eigenvalue weighted by atomic mass is 9.98. The monoisotopic (exact) mass is 441 g/mol. The van der Waals surface area contributed by atoms with Gasteiger partial charge in [-0.15, -0.1) is 24.8 Å². The number of hydrogen-bond donors (Lipinski definition) is 2. The predicted molar refractivity (Wildman–Crippen MR) is 120 cm³/mol. The molecule has 1 aliphatic heterocycles. The maximum absolute atomic E-state index is 12.7. The van der Waals surface area contributed by atoms with Gasteiger partial charge in [-0.25, -0.2) is 0 Å². The number of piperazine rings is 1. The van der Waals surface area contributed by atoms with Crippen molar-refractivity contribution in [2.24, 2.45) is 0 Å². The molecule has 1 heterocycles. The molecular formula is C21H29Cl2N3O3. The largest absolute Gasteiger partial charge is 0.497 e. The van der Waals surface area contributed by atoms with Crippen LogP contribution < -0.4 is 20.1 Å². The van der Waals surface area contributed by atoms with Crippen LogP contribution in [0.4, 0.5) is 0 Å². The number of methoxy groups -OCH3 is 2. The van der Waals surface area contributed by atoms with E-state index < -0.39 is 0 Å². The zero-order valence-electron chi connectivity index (χ0n) is 16.7. The summed E-state index contributed by atoms with van der Waals surface area (Å²) in [5.74, 6) is 1.60. The minimum atomic E-state index is -0.225. The molecule has 1 fully saturated rings. The van der Waals surface area contributed by atoms with Crippen molar-refractivity contribution in [2.45, 2.75) is 6.04 Å². The number of carbonyl (C=O) groups excluding carboxylic acids is 1. The fourth-order valence-corrected chi connectivity index (χ4v) is 3.23. The number of nitrogens with zero attached hydrogens (tertiary/aromatic N) is 1. The third-order valence-electron chi connectivity index (χ3n) is 4.78. The summed E-state index contributed by atoms with van der Waals surface area (Å²) in [6.07, 6.45) is 0. The van der Waals surface area contributed by atoms with Gasteiger partial charge >= 0.3 is 0 Å². The average molecular weight is 442 g/mol. The number of benzene rings is 2. The van der Waals surface area contributed by atoms with Crippen molar-refractivity contribution in [3.63, 3.8) is 0 Å². The van der Waals surface area contributed by atoms with Gasteiger partial charge in [0, 0.05) is 26.2 Å². The number of nitrogens with one attached hydrogen (secondary N) is 2. The summed E-state index contributed by atoms with van der Waals surface area (Å²) >= 11 is 0. The van der Waals surface area contributed by atoms with Gasteiger partial charge in [0.15, 0.2) is 0 Å². The van der Waals surface area contributed by atoms with Crippen LogP contribution in [0.15, 0.2) is 48.5 Å². The molecule has 2 aromatic carbocycles. The second kappa shape index (κ2) is 12.5. The van der Waals surface area contributed by atoms with E-state index in [9.17, 15) is 4.79 Å². The van der Waals surface area contributed by atoms with E-state index >= 15 is 0 Å². The fraction of sp³-hybridized carbons (Fsp3) is 0.381. The number of hydrogen-bond acceptors (Lipinski definition) is 5. The molecule has 0 unspecified atom stereocenters. The minimum absolute atomic E-state index is 0. The van der Waals surface area contributed by atoms with Crippen LogP contribution in [-0.2, 0) is 4.79 Å². The van der Waals surface area contributed by atoms with Gasteiger partial charge in [0.2, 0.25) is 5.91 Å². The van der Waals surface area contributed by atoms with Gasteiger partial charge in [0.05, 0.1) is 26.8 Å². The second-order valence-electron chi connectivity index (χ2n) is 6.57. The first kappa shape index (κ1) is 25.0. The Morgan fingerprint density at radius 3 is 1.79 bits per heavy atom. The molecule has 0 atom stereocenters. The molecule has 2 N–H and O–H groups in total. The number of carbonyl (C=O) groups is 1. The lowest BCUT2D eigenvalue weighted by molar-refractivity contribution is -0.122. The first-order valence-corrected chi connectivity index (χ1v) is 9.20. The summed E-state index contributed by atoms with van der Waals surface area (Å²) in [7, 11) is 3.29. The Balaban J connectivity index is 0.00000210. The van der Waals surface area contributed by atoms with Crippen LogP contribution >= 0.6 is 24.8 Å². The van der Waals surface area contributed by atoms with Crippen molar-refractivity contribution < 1.29 is 14.3 Å². The van der Waals surface area contributed by atoms with E-state index in [4.69, 9.17) is 9.47 Å². The fourth-order valence-electron chi connectivity index (χ4n) is 3.23. The van der Waals surface area contributed by atoms with Crippen LogP contribution in [0.1, 0.15) is 17.2 Å². The van der Waals surface area contributed by atoms with E-state index in [1.807, 2.05) is 48.5 Å². The number of amides is 1. The molecule has 0 aliphatic carbocycles. The number of ether oxygens (including phenoxy) is 2. The molecule has 1 amide bonds. The van der Waals surface area contributed by atoms with Gasteiger partial charge in [-0.3, -0.25) is 9.69 Å². The summed E-state index contributed by atoms with van der Waals surface area (Å²) in [5.41, 5.74) is 2.02. The van der Waals surface area contributed by atoms with Gasteiger partial charge in [-0.1, -0.05) is 24.3 Å². The predicted octanol–water partition coefficient (Wildman–Crippen LogP) is 2.66. The summed E-state index contributed by atoms with van der Waals surface area (Å²) in [5, 5.41) is 6.49. The van der Waals surface area contributed by atoms with E-state index in [-0.39, 0.29) is 36.8 Å². The summed E-state index contributed by atoms with van der Waals surface area (Å²) in [6.45, 7) is 4.04. The Hall–Kier alpha value is -1.99. The maximum Gasteiger partial charge on any atom is 0.234 e. The molecule has 0 saturated carbocycles. The smallest absolute Gasteiger partial charge is 0.234 e. The van der Waals surface area contributed by atoms with E-state index in [0.717, 1.165) is 48.8 Å². The van der Waals surface area contributed by atoms with Crippen LogP contribution in [0, 0.1) is 0 Å². The normalized spacial score (nSPS) is 13.8. The Labute approximate surface area is 184 Å². The molecule has 3 rings (SSSR count). The van der Waals surface area contributed by atoms with Gasteiger partial charge in [0.1, 0.15) is 11.5 Å². The SMILES string of the molecule is COc1ccc(C(NC(=O)CN2CCNCC2)c2ccc(OC)cc2)cc1.Cl.Cl. The van der Waals surface area contributed by atoms with Gasteiger partial charge in [-0.05, 0) is 35.4 Å². The Bertz CT molecular complexity index is 688. The maximum atomic E-state index is 12.7. The first-order chi connectivity index (χ1) is 13.2. The Morgan fingerprint density at radius 2 is 1.38 bits per heavy atom. The average Bonchev–Trinajstić information content (AvgIpc) is 2.73. The van der Waals surface area contributed by atoms with Crippen molar-refractivity contribution in [1.29, 1.82) is 0 Å². The first-order valence-electron chi connectivity index (χ1n) is 9.20. The molecule has 0 radical (unpaired) electrons. The minimum Gasteiger partial charge on any atom is -0.497 e. The van der Waals surface area contributed by atoms with Gasteiger partial charge in [-0.2, -0.15) is 0 Å². The molecule has 160 valence electrons. The van der Waals surface area contributed by atoms with Crippen LogP contribution in [0.5, 0.6) is 11.5 Å². The van der Waals surface area contributed by atoms with E-state index in [0.29, 0.717) is 6.54 Å². The molecule has 0 spiro atoms. The number of halogens is 2. The molecule has 2 aromatic rings. The van der Waals surface area contributed by atoms with E-state index in [1.54, 1.807) is 14.2 Å². The van der Waals surface area contributed by atoms with Crippen molar-refractivity contribution in [3.05, 3.63) is 59.7 Å². The molecule has 1 aliphatic rings. The number of rotatable bonds is 7. The third-order valence-corrected chi connectivity index (χ3v) is 4.78. The zero-order valence-corrected chi connectivity index (χ0v) is 18.4. The van der Waals surface area contributed by atoms with Gasteiger partial charge in [0.25, 0.3) is 0 Å². The van der Waals surface area contributed by atoms with Crippen molar-refractivity contribution in [2.75, 3.05) is 46.9 Å². The Morgan fingerprint density at radius 1 is 0.931 bits per heavy atom. The third kappa shape index (κ3) is 7.08.